The van der Waals surface area contributed by atoms with Crippen LogP contribution in [0.1, 0.15) is 46.0 Å². The van der Waals surface area contributed by atoms with Gasteiger partial charge in [-0.25, -0.2) is 18.3 Å². The summed E-state index contributed by atoms with van der Waals surface area (Å²) in [6.07, 6.45) is 4.86. The van der Waals surface area contributed by atoms with E-state index in [1.54, 1.807) is 31.0 Å². The minimum absolute atomic E-state index is 0.0483. The van der Waals surface area contributed by atoms with Gasteiger partial charge in [-0.05, 0) is 51.7 Å². The summed E-state index contributed by atoms with van der Waals surface area (Å²) in [4.78, 5) is 26.3. The molecule has 0 bridgehead atoms. The second-order valence-corrected chi connectivity index (χ2v) is 12.9. The summed E-state index contributed by atoms with van der Waals surface area (Å²) in [5.74, 6) is -2.38. The number of carbonyl (C=O) groups is 1. The minimum Gasteiger partial charge on any atom is -0.479 e. The van der Waals surface area contributed by atoms with Gasteiger partial charge in [0.25, 0.3) is 5.85 Å². The molecule has 3 heterocycles. The standard InChI is InChI=1S/C29H37F2N6O8P/c1-4-28(30)25(39)29(31,44-26(28)37-17-33-21-22(37)34-27(32)35-23(21)41-5-2)16-42-46(40,45-20-14-10-7-11-15-20)36-18(3)24(38)43-19-12-8-6-9-13-19/h1,7,10-11,14-15,17-19,21-22,25-26,39H,5-6,8-9,12-13,16H2,2-3H3,(H2,32,34)(H,36,40)/t18?,21?,22?,25-,26?,28+,29+,46?/m0/s1. The number of carbonyl (C=O) groups excluding carboxylic acids is 1. The summed E-state index contributed by atoms with van der Waals surface area (Å²) in [5, 5.41) is 13.4. The molecule has 250 valence electrons. The summed E-state index contributed by atoms with van der Waals surface area (Å²) < 4.78 is 74.2. The first-order valence-corrected chi connectivity index (χ1v) is 16.5. The Kier molecular flexibility index (Phi) is 10.00. The molecule has 1 aromatic rings. The van der Waals surface area contributed by atoms with Crippen molar-refractivity contribution in [3.63, 3.8) is 0 Å². The molecule has 1 saturated heterocycles. The Morgan fingerprint density at radius 1 is 1.30 bits per heavy atom. The molecule has 4 N–H and O–H groups in total. The third-order valence-electron chi connectivity index (χ3n) is 7.89. The van der Waals surface area contributed by atoms with Crippen LogP contribution < -0.4 is 15.3 Å². The van der Waals surface area contributed by atoms with Crippen molar-refractivity contribution in [3.8, 4) is 18.1 Å². The maximum absolute atomic E-state index is 16.5. The van der Waals surface area contributed by atoms with Gasteiger partial charge in [-0.2, -0.15) is 10.1 Å². The SMILES string of the molecule is C#C[C@]1(F)C(N2C=NC3C(OCC)=NC(N)=NC32)O[C@](F)(COP(=O)(NC(C)C(=O)OC2CCCCC2)Oc2ccccc2)[C@H]1O. The summed E-state index contributed by atoms with van der Waals surface area (Å²) in [6, 6.07) is 5.65. The van der Waals surface area contributed by atoms with Crippen LogP contribution in [-0.2, 0) is 28.1 Å². The van der Waals surface area contributed by atoms with Gasteiger partial charge in [-0.3, -0.25) is 14.3 Å². The van der Waals surface area contributed by atoms with E-state index in [0.717, 1.165) is 30.5 Å². The first-order valence-electron chi connectivity index (χ1n) is 15.0. The molecule has 0 amide bonds. The second kappa shape index (κ2) is 13.6. The van der Waals surface area contributed by atoms with E-state index in [1.807, 2.05) is 0 Å². The summed E-state index contributed by atoms with van der Waals surface area (Å²) in [7, 11) is -4.64. The van der Waals surface area contributed by atoms with Crippen molar-refractivity contribution in [2.24, 2.45) is 20.7 Å². The van der Waals surface area contributed by atoms with Crippen LogP contribution in [0.5, 0.6) is 5.75 Å². The number of esters is 1. The Labute approximate surface area is 265 Å². The first-order chi connectivity index (χ1) is 21.9. The molecule has 1 saturated carbocycles. The van der Waals surface area contributed by atoms with E-state index in [2.05, 4.69) is 20.1 Å². The molecule has 46 heavy (non-hydrogen) atoms. The number of fused-ring (bicyclic) bond motifs is 1. The zero-order chi connectivity index (χ0) is 33.1. The number of ether oxygens (including phenoxy) is 3. The summed E-state index contributed by atoms with van der Waals surface area (Å²) >= 11 is 0. The number of hydrogen-bond acceptors (Lipinski definition) is 13. The van der Waals surface area contributed by atoms with Crippen molar-refractivity contribution < 1.29 is 46.5 Å². The van der Waals surface area contributed by atoms with Crippen LogP contribution in [0.25, 0.3) is 0 Å². The van der Waals surface area contributed by atoms with Gasteiger partial charge < -0.3 is 34.5 Å². The number of aliphatic hydroxyl groups is 1. The van der Waals surface area contributed by atoms with Gasteiger partial charge in [0.1, 0.15) is 24.5 Å². The maximum Gasteiger partial charge on any atom is 0.459 e. The van der Waals surface area contributed by atoms with Crippen molar-refractivity contribution in [3.05, 3.63) is 30.3 Å². The molecule has 14 nitrogen and oxygen atoms in total. The number of hydrogen-bond donors (Lipinski definition) is 3. The van der Waals surface area contributed by atoms with E-state index < -0.39 is 62.4 Å². The van der Waals surface area contributed by atoms with E-state index in [9.17, 15) is 14.5 Å². The van der Waals surface area contributed by atoms with Gasteiger partial charge in [-0.15, -0.1) is 6.42 Å². The van der Waals surface area contributed by atoms with Gasteiger partial charge in [-0.1, -0.05) is 30.5 Å². The number of alkyl halides is 2. The zero-order valence-corrected chi connectivity index (χ0v) is 26.2. The molecule has 3 aliphatic heterocycles. The topological polar surface area (TPSA) is 179 Å². The third-order valence-corrected chi connectivity index (χ3v) is 9.51. The van der Waals surface area contributed by atoms with Gasteiger partial charge >= 0.3 is 13.7 Å². The number of nitrogens with zero attached hydrogens (tertiary/aromatic N) is 4. The summed E-state index contributed by atoms with van der Waals surface area (Å²) in [6.45, 7) is 1.98. The predicted molar refractivity (Wildman–Crippen MR) is 162 cm³/mol. The lowest BCUT2D eigenvalue weighted by atomic mass is 9.95. The Bertz CT molecular complexity index is 1460. The molecule has 4 aliphatic rings. The fourth-order valence-corrected chi connectivity index (χ4v) is 7.05. The Balaban J connectivity index is 1.34. The zero-order valence-electron chi connectivity index (χ0n) is 25.3. The smallest absolute Gasteiger partial charge is 0.459 e. The Hall–Kier alpha value is -3.61. The van der Waals surface area contributed by atoms with E-state index in [-0.39, 0.29) is 30.3 Å². The monoisotopic (exact) mass is 666 g/mol. The number of nitrogens with one attached hydrogen (secondary N) is 1. The predicted octanol–water partition coefficient (Wildman–Crippen LogP) is 2.57. The van der Waals surface area contributed by atoms with Crippen LogP contribution in [0.3, 0.4) is 0 Å². The number of halogens is 2. The van der Waals surface area contributed by atoms with Gasteiger partial charge in [0.05, 0.1) is 12.9 Å². The minimum atomic E-state index is -4.64. The lowest BCUT2D eigenvalue weighted by Gasteiger charge is -2.34. The third kappa shape index (κ3) is 6.89. The highest BCUT2D eigenvalue weighted by molar-refractivity contribution is 7.52. The number of nitrogens with two attached hydrogens (primary N) is 1. The highest BCUT2D eigenvalue weighted by atomic mass is 31.2. The average Bonchev–Trinajstić information content (AvgIpc) is 3.54. The normalized spacial score (nSPS) is 32.8. The van der Waals surface area contributed by atoms with Crippen LogP contribution in [-0.4, -0.2) is 95.6 Å². The van der Waals surface area contributed by atoms with Crippen molar-refractivity contribution in [1.82, 2.24) is 9.99 Å². The number of aliphatic hydroxyl groups excluding tert-OH is 1. The number of aliphatic imine (C=N–C) groups is 3. The molecule has 8 atom stereocenters. The molecule has 1 aliphatic carbocycles. The molecular formula is C29H37F2N6O8P. The Morgan fingerprint density at radius 3 is 2.70 bits per heavy atom. The molecule has 5 rings (SSSR count). The van der Waals surface area contributed by atoms with Crippen LogP contribution in [0.4, 0.5) is 8.78 Å². The van der Waals surface area contributed by atoms with E-state index >= 15 is 8.78 Å². The molecule has 2 fully saturated rings. The molecule has 0 radical (unpaired) electrons. The largest absolute Gasteiger partial charge is 0.479 e. The average molecular weight is 667 g/mol. The first kappa shape index (κ1) is 33.7. The molecule has 1 aromatic carbocycles. The Morgan fingerprint density at radius 2 is 2.02 bits per heavy atom. The number of guanidine groups is 1. The molecule has 17 heteroatoms. The van der Waals surface area contributed by atoms with Gasteiger partial charge in [0.15, 0.2) is 24.5 Å². The lowest BCUT2D eigenvalue weighted by molar-refractivity contribution is -0.208. The molecule has 0 spiro atoms. The fourth-order valence-electron chi connectivity index (χ4n) is 5.54. The van der Waals surface area contributed by atoms with E-state index in [0.29, 0.717) is 12.8 Å². The summed E-state index contributed by atoms with van der Waals surface area (Å²) in [5.41, 5.74) is 2.64. The number of terminal acetylenes is 1. The van der Waals surface area contributed by atoms with Crippen LogP contribution in [0.2, 0.25) is 0 Å². The number of benzene rings is 1. The number of para-hydroxylation sites is 1. The molecule has 5 unspecified atom stereocenters. The van der Waals surface area contributed by atoms with Crippen LogP contribution >= 0.6 is 7.75 Å². The fraction of sp³-hybridized carbons (Fsp3) is 0.586. The molecular weight excluding hydrogens is 629 g/mol. The van der Waals surface area contributed by atoms with Gasteiger partial charge in [0, 0.05) is 0 Å². The van der Waals surface area contributed by atoms with E-state index in [4.69, 9.17) is 35.4 Å². The van der Waals surface area contributed by atoms with Gasteiger partial charge in [0.2, 0.25) is 17.5 Å². The van der Waals surface area contributed by atoms with Crippen molar-refractivity contribution in [2.45, 2.75) is 94.2 Å². The number of rotatable bonds is 11. The van der Waals surface area contributed by atoms with Crippen molar-refractivity contribution >= 4 is 31.9 Å². The van der Waals surface area contributed by atoms with E-state index in [1.165, 1.54) is 19.1 Å². The van der Waals surface area contributed by atoms with Crippen molar-refractivity contribution in [1.29, 1.82) is 0 Å². The quantitative estimate of drug-likeness (QED) is 0.180. The highest BCUT2D eigenvalue weighted by Crippen LogP contribution is 2.50. The van der Waals surface area contributed by atoms with Crippen molar-refractivity contribution in [2.75, 3.05) is 13.2 Å². The van der Waals surface area contributed by atoms with Crippen LogP contribution in [0, 0.1) is 12.3 Å². The second-order valence-electron chi connectivity index (χ2n) is 11.2. The van der Waals surface area contributed by atoms with Crippen LogP contribution in [0.15, 0.2) is 45.3 Å². The molecule has 0 aromatic heterocycles. The maximum atomic E-state index is 16.5. The highest BCUT2D eigenvalue weighted by Gasteiger charge is 2.69. The lowest BCUT2D eigenvalue weighted by Crippen LogP contribution is -2.55.